The molecule has 0 fully saturated rings. The molecule has 4 aromatic rings. The van der Waals surface area contributed by atoms with Crippen LogP contribution in [0.5, 0.6) is 5.75 Å². The summed E-state index contributed by atoms with van der Waals surface area (Å²) in [5.41, 5.74) is 3.56. The lowest BCUT2D eigenvalue weighted by Gasteiger charge is -2.17. The van der Waals surface area contributed by atoms with Crippen LogP contribution in [0.4, 0.5) is 0 Å². The van der Waals surface area contributed by atoms with E-state index in [1.165, 1.54) is 58.4 Å². The Labute approximate surface area is 179 Å². The summed E-state index contributed by atoms with van der Waals surface area (Å²) in [5.74, 6) is 0.790. The molecule has 0 atom stereocenters. The Kier molecular flexibility index (Phi) is 6.66. The van der Waals surface area contributed by atoms with Gasteiger partial charge in [0.25, 0.3) is 0 Å². The predicted octanol–water partition coefficient (Wildman–Crippen LogP) is 7.19. The molecule has 0 amide bonds. The maximum absolute atomic E-state index is 9.41. The standard InChI is InChI=1S/C28H30O2/c1-2-3-4-5-13-23-24-14-6-8-16-26(24)28(27-17-9-7-15-25(23)27)20-30-22-12-10-11-21(18-22)19-29/h6-12,14-18,29H,2-5,13,19-20H2,1H3. The Morgan fingerprint density at radius 1 is 0.700 bits per heavy atom. The van der Waals surface area contributed by atoms with Crippen LogP contribution in [-0.4, -0.2) is 5.11 Å². The molecule has 0 spiro atoms. The Morgan fingerprint density at radius 2 is 1.33 bits per heavy atom. The highest BCUT2D eigenvalue weighted by Gasteiger charge is 2.14. The van der Waals surface area contributed by atoms with Gasteiger partial charge in [-0.1, -0.05) is 86.8 Å². The van der Waals surface area contributed by atoms with Crippen molar-refractivity contribution >= 4 is 21.5 Å². The molecule has 0 aliphatic heterocycles. The van der Waals surface area contributed by atoms with Crippen LogP contribution in [0.1, 0.15) is 49.3 Å². The average molecular weight is 399 g/mol. The first-order valence-electron chi connectivity index (χ1n) is 11.1. The van der Waals surface area contributed by atoms with Gasteiger partial charge in [0, 0.05) is 5.56 Å². The smallest absolute Gasteiger partial charge is 0.120 e. The SMILES string of the molecule is CCCCCCc1c2ccccc2c(COc2cccc(CO)c2)c2ccccc12. The first kappa shape index (κ1) is 20.4. The van der Waals surface area contributed by atoms with Crippen molar-refractivity contribution in [2.45, 2.75) is 52.2 Å². The van der Waals surface area contributed by atoms with Crippen molar-refractivity contribution in [2.75, 3.05) is 0 Å². The third kappa shape index (κ3) is 4.34. The van der Waals surface area contributed by atoms with Gasteiger partial charge in [-0.3, -0.25) is 0 Å². The van der Waals surface area contributed by atoms with E-state index in [0.29, 0.717) is 6.61 Å². The van der Waals surface area contributed by atoms with E-state index in [-0.39, 0.29) is 6.61 Å². The zero-order valence-electron chi connectivity index (χ0n) is 17.7. The number of rotatable bonds is 9. The maximum Gasteiger partial charge on any atom is 0.120 e. The molecule has 0 saturated heterocycles. The molecule has 0 aliphatic rings. The number of aryl methyl sites for hydroxylation is 1. The molecular formula is C28H30O2. The summed E-state index contributed by atoms with van der Waals surface area (Å²) in [6.45, 7) is 2.79. The van der Waals surface area contributed by atoms with E-state index in [1.807, 2.05) is 24.3 Å². The number of unbranched alkanes of at least 4 members (excludes halogenated alkanes) is 3. The molecule has 30 heavy (non-hydrogen) atoms. The minimum Gasteiger partial charge on any atom is -0.489 e. The van der Waals surface area contributed by atoms with E-state index in [1.54, 1.807) is 0 Å². The summed E-state index contributed by atoms with van der Waals surface area (Å²) >= 11 is 0. The summed E-state index contributed by atoms with van der Waals surface area (Å²) in [6, 6.07) is 25.2. The van der Waals surface area contributed by atoms with E-state index >= 15 is 0 Å². The fourth-order valence-electron chi connectivity index (χ4n) is 4.35. The Hall–Kier alpha value is -2.84. The van der Waals surface area contributed by atoms with E-state index in [2.05, 4.69) is 55.5 Å². The normalized spacial score (nSPS) is 11.3. The third-order valence-electron chi connectivity index (χ3n) is 5.90. The Bertz CT molecular complexity index is 1070. The van der Waals surface area contributed by atoms with Gasteiger partial charge in [0.15, 0.2) is 0 Å². The van der Waals surface area contributed by atoms with E-state index in [0.717, 1.165) is 17.7 Å². The van der Waals surface area contributed by atoms with Gasteiger partial charge in [-0.2, -0.15) is 0 Å². The second-order valence-electron chi connectivity index (χ2n) is 7.95. The minimum absolute atomic E-state index is 0.0236. The quantitative estimate of drug-likeness (QED) is 0.239. The number of hydrogen-bond donors (Lipinski definition) is 1. The largest absolute Gasteiger partial charge is 0.489 e. The maximum atomic E-state index is 9.41. The number of hydrogen-bond acceptors (Lipinski definition) is 2. The van der Waals surface area contributed by atoms with Crippen molar-refractivity contribution in [3.8, 4) is 5.75 Å². The van der Waals surface area contributed by atoms with Crippen molar-refractivity contribution < 1.29 is 9.84 Å². The number of benzene rings is 4. The Morgan fingerprint density at radius 3 is 1.93 bits per heavy atom. The van der Waals surface area contributed by atoms with Gasteiger partial charge in [0.05, 0.1) is 6.61 Å². The molecule has 0 radical (unpaired) electrons. The van der Waals surface area contributed by atoms with E-state index in [4.69, 9.17) is 4.74 Å². The molecular weight excluding hydrogens is 368 g/mol. The molecule has 0 saturated carbocycles. The molecule has 0 aliphatic carbocycles. The lowest BCUT2D eigenvalue weighted by Crippen LogP contribution is -2.01. The molecule has 1 N–H and O–H groups in total. The monoisotopic (exact) mass is 398 g/mol. The predicted molar refractivity (Wildman–Crippen MR) is 126 cm³/mol. The lowest BCUT2D eigenvalue weighted by atomic mass is 9.89. The van der Waals surface area contributed by atoms with Gasteiger partial charge in [-0.05, 0) is 57.6 Å². The van der Waals surface area contributed by atoms with Crippen LogP contribution in [0.2, 0.25) is 0 Å². The molecule has 0 aromatic heterocycles. The molecule has 4 aromatic carbocycles. The van der Waals surface area contributed by atoms with Crippen molar-refractivity contribution in [1.82, 2.24) is 0 Å². The van der Waals surface area contributed by atoms with Gasteiger partial charge >= 0.3 is 0 Å². The van der Waals surface area contributed by atoms with Crippen molar-refractivity contribution in [3.05, 3.63) is 89.5 Å². The zero-order valence-corrected chi connectivity index (χ0v) is 17.7. The minimum atomic E-state index is 0.0236. The summed E-state index contributed by atoms with van der Waals surface area (Å²) < 4.78 is 6.19. The molecule has 4 rings (SSSR count). The fraction of sp³-hybridized carbons (Fsp3) is 0.286. The number of aliphatic hydroxyl groups excluding tert-OH is 1. The van der Waals surface area contributed by atoms with Crippen molar-refractivity contribution in [2.24, 2.45) is 0 Å². The van der Waals surface area contributed by atoms with Gasteiger partial charge in [0.1, 0.15) is 12.4 Å². The van der Waals surface area contributed by atoms with Gasteiger partial charge in [-0.15, -0.1) is 0 Å². The topological polar surface area (TPSA) is 29.5 Å². The van der Waals surface area contributed by atoms with E-state index in [9.17, 15) is 5.11 Å². The molecule has 0 heterocycles. The van der Waals surface area contributed by atoms with Crippen LogP contribution in [-0.2, 0) is 19.6 Å². The van der Waals surface area contributed by atoms with Gasteiger partial charge in [-0.25, -0.2) is 0 Å². The second kappa shape index (κ2) is 9.77. The zero-order chi connectivity index (χ0) is 20.8. The number of fused-ring (bicyclic) bond motifs is 2. The molecule has 0 bridgehead atoms. The van der Waals surface area contributed by atoms with E-state index < -0.39 is 0 Å². The molecule has 2 heteroatoms. The van der Waals surface area contributed by atoms with Crippen molar-refractivity contribution in [1.29, 1.82) is 0 Å². The second-order valence-corrected chi connectivity index (χ2v) is 7.95. The highest BCUT2D eigenvalue weighted by molar-refractivity contribution is 6.05. The summed E-state index contributed by atoms with van der Waals surface area (Å²) in [6.07, 6.45) is 6.18. The summed E-state index contributed by atoms with van der Waals surface area (Å²) in [7, 11) is 0. The van der Waals surface area contributed by atoms with Gasteiger partial charge in [0.2, 0.25) is 0 Å². The summed E-state index contributed by atoms with van der Waals surface area (Å²) in [4.78, 5) is 0. The molecule has 2 nitrogen and oxygen atoms in total. The van der Waals surface area contributed by atoms with Crippen LogP contribution in [0.3, 0.4) is 0 Å². The Balaban J connectivity index is 1.75. The van der Waals surface area contributed by atoms with Crippen LogP contribution < -0.4 is 4.74 Å². The first-order chi connectivity index (χ1) is 14.8. The fourth-order valence-corrected chi connectivity index (χ4v) is 4.35. The molecule has 0 unspecified atom stereocenters. The van der Waals surface area contributed by atoms with Crippen LogP contribution in [0, 0.1) is 0 Å². The van der Waals surface area contributed by atoms with Crippen LogP contribution in [0.15, 0.2) is 72.8 Å². The van der Waals surface area contributed by atoms with Crippen molar-refractivity contribution in [3.63, 3.8) is 0 Å². The first-order valence-corrected chi connectivity index (χ1v) is 11.1. The average Bonchev–Trinajstić information content (AvgIpc) is 2.80. The highest BCUT2D eigenvalue weighted by Crippen LogP contribution is 2.34. The summed E-state index contributed by atoms with van der Waals surface area (Å²) in [5, 5.41) is 14.7. The van der Waals surface area contributed by atoms with Gasteiger partial charge < -0.3 is 9.84 Å². The third-order valence-corrected chi connectivity index (χ3v) is 5.90. The van der Waals surface area contributed by atoms with Crippen LogP contribution in [0.25, 0.3) is 21.5 Å². The number of aliphatic hydroxyl groups is 1. The number of ether oxygens (including phenoxy) is 1. The highest BCUT2D eigenvalue weighted by atomic mass is 16.5. The van der Waals surface area contributed by atoms with Crippen LogP contribution >= 0.6 is 0 Å². The lowest BCUT2D eigenvalue weighted by molar-refractivity contribution is 0.278. The molecule has 154 valence electrons.